The lowest BCUT2D eigenvalue weighted by atomic mass is 10.1. The van der Waals surface area contributed by atoms with Gasteiger partial charge in [0.25, 0.3) is 0 Å². The standard InChI is InChI=1S/C19H18O4S/c1-21-14-9-11-16(22-2)18(12-14)24(20)19-15-7-5-4-6-13(15)8-10-17(19)23-3/h4-12H,1-3H3. The van der Waals surface area contributed by atoms with Gasteiger partial charge in [-0.2, -0.15) is 0 Å². The zero-order valence-corrected chi connectivity index (χ0v) is 14.6. The third-order valence-electron chi connectivity index (χ3n) is 3.82. The number of hydrogen-bond donors (Lipinski definition) is 0. The zero-order valence-electron chi connectivity index (χ0n) is 13.7. The molecule has 4 nitrogen and oxygen atoms in total. The second kappa shape index (κ2) is 6.93. The van der Waals surface area contributed by atoms with Crippen LogP contribution < -0.4 is 14.2 Å². The number of rotatable bonds is 5. The summed E-state index contributed by atoms with van der Waals surface area (Å²) < 4.78 is 29.5. The van der Waals surface area contributed by atoms with E-state index in [9.17, 15) is 4.21 Å². The van der Waals surface area contributed by atoms with E-state index in [0.29, 0.717) is 27.0 Å². The molecule has 0 spiro atoms. The van der Waals surface area contributed by atoms with Crippen molar-refractivity contribution < 1.29 is 18.4 Å². The van der Waals surface area contributed by atoms with Crippen molar-refractivity contribution in [2.24, 2.45) is 0 Å². The van der Waals surface area contributed by atoms with Crippen LogP contribution in [0.5, 0.6) is 17.2 Å². The molecule has 124 valence electrons. The van der Waals surface area contributed by atoms with Gasteiger partial charge in [-0.05, 0) is 23.6 Å². The first-order valence-corrected chi connectivity index (χ1v) is 8.54. The highest BCUT2D eigenvalue weighted by Gasteiger charge is 2.20. The van der Waals surface area contributed by atoms with Crippen LogP contribution in [-0.4, -0.2) is 25.5 Å². The predicted octanol–water partition coefficient (Wildman–Crippen LogP) is 4.03. The topological polar surface area (TPSA) is 44.8 Å². The van der Waals surface area contributed by atoms with Crippen LogP contribution in [0.1, 0.15) is 0 Å². The van der Waals surface area contributed by atoms with E-state index in [1.54, 1.807) is 39.5 Å². The van der Waals surface area contributed by atoms with Crippen LogP contribution in [0.15, 0.2) is 64.4 Å². The molecule has 5 heteroatoms. The molecule has 24 heavy (non-hydrogen) atoms. The predicted molar refractivity (Wildman–Crippen MR) is 94.7 cm³/mol. The molecule has 0 heterocycles. The zero-order chi connectivity index (χ0) is 17.1. The van der Waals surface area contributed by atoms with Crippen molar-refractivity contribution >= 4 is 21.6 Å². The summed E-state index contributed by atoms with van der Waals surface area (Å²) in [6.07, 6.45) is 0. The molecule has 0 aliphatic heterocycles. The van der Waals surface area contributed by atoms with Gasteiger partial charge in [-0.15, -0.1) is 0 Å². The minimum atomic E-state index is -1.49. The summed E-state index contributed by atoms with van der Waals surface area (Å²) in [5, 5.41) is 1.89. The molecular formula is C19H18O4S. The number of methoxy groups -OCH3 is 3. The molecule has 0 fully saturated rings. The van der Waals surface area contributed by atoms with Crippen molar-refractivity contribution in [2.45, 2.75) is 9.79 Å². The second-order valence-corrected chi connectivity index (χ2v) is 6.49. The van der Waals surface area contributed by atoms with E-state index in [4.69, 9.17) is 14.2 Å². The summed E-state index contributed by atoms with van der Waals surface area (Å²) >= 11 is 0. The fraction of sp³-hybridized carbons (Fsp3) is 0.158. The van der Waals surface area contributed by atoms with E-state index in [0.717, 1.165) is 10.8 Å². The second-order valence-electron chi connectivity index (χ2n) is 5.10. The Morgan fingerprint density at radius 2 is 1.50 bits per heavy atom. The minimum Gasteiger partial charge on any atom is -0.497 e. The van der Waals surface area contributed by atoms with Gasteiger partial charge in [0.15, 0.2) is 0 Å². The van der Waals surface area contributed by atoms with Crippen LogP contribution in [0.3, 0.4) is 0 Å². The van der Waals surface area contributed by atoms with Crippen LogP contribution in [0.4, 0.5) is 0 Å². The van der Waals surface area contributed by atoms with Crippen LogP contribution in [0.2, 0.25) is 0 Å². The normalized spacial score (nSPS) is 12.0. The largest absolute Gasteiger partial charge is 0.497 e. The van der Waals surface area contributed by atoms with Gasteiger partial charge in [0.1, 0.15) is 17.2 Å². The Bertz CT molecular complexity index is 905. The Kier molecular flexibility index (Phi) is 4.71. The van der Waals surface area contributed by atoms with Gasteiger partial charge in [0.2, 0.25) is 0 Å². The van der Waals surface area contributed by atoms with E-state index >= 15 is 0 Å². The van der Waals surface area contributed by atoms with E-state index in [1.807, 2.05) is 36.4 Å². The molecule has 0 saturated carbocycles. The van der Waals surface area contributed by atoms with Crippen molar-refractivity contribution in [3.8, 4) is 17.2 Å². The molecule has 3 aromatic rings. The minimum absolute atomic E-state index is 0.545. The van der Waals surface area contributed by atoms with Crippen molar-refractivity contribution in [2.75, 3.05) is 21.3 Å². The molecule has 3 rings (SSSR count). The molecule has 1 unspecified atom stereocenters. The molecule has 0 aliphatic rings. The number of fused-ring (bicyclic) bond motifs is 1. The lowest BCUT2D eigenvalue weighted by molar-refractivity contribution is 0.393. The molecule has 0 amide bonds. The van der Waals surface area contributed by atoms with Crippen molar-refractivity contribution in [3.05, 3.63) is 54.6 Å². The highest BCUT2D eigenvalue weighted by Crippen LogP contribution is 2.37. The highest BCUT2D eigenvalue weighted by molar-refractivity contribution is 7.85. The van der Waals surface area contributed by atoms with E-state index < -0.39 is 10.8 Å². The van der Waals surface area contributed by atoms with E-state index in [2.05, 4.69) is 0 Å². The number of hydrogen-bond acceptors (Lipinski definition) is 4. The average Bonchev–Trinajstić information content (AvgIpc) is 2.65. The first kappa shape index (κ1) is 16.3. The van der Waals surface area contributed by atoms with Gasteiger partial charge in [0, 0.05) is 11.5 Å². The van der Waals surface area contributed by atoms with Gasteiger partial charge in [0.05, 0.1) is 41.9 Å². The lowest BCUT2D eigenvalue weighted by Gasteiger charge is -2.14. The Hall–Kier alpha value is -2.53. The fourth-order valence-corrected chi connectivity index (χ4v) is 4.11. The summed E-state index contributed by atoms with van der Waals surface area (Å²) in [7, 11) is 3.23. The molecule has 0 bridgehead atoms. The summed E-state index contributed by atoms with van der Waals surface area (Å²) in [6.45, 7) is 0. The maximum absolute atomic E-state index is 13.4. The van der Waals surface area contributed by atoms with E-state index in [-0.39, 0.29) is 0 Å². The lowest BCUT2D eigenvalue weighted by Crippen LogP contribution is -2.01. The smallest absolute Gasteiger partial charge is 0.136 e. The quantitative estimate of drug-likeness (QED) is 0.702. The van der Waals surface area contributed by atoms with Gasteiger partial charge in [-0.3, -0.25) is 0 Å². The summed E-state index contributed by atoms with van der Waals surface area (Å²) in [5.74, 6) is 1.75. The summed E-state index contributed by atoms with van der Waals surface area (Å²) in [4.78, 5) is 1.17. The Labute approximate surface area is 143 Å². The molecule has 0 N–H and O–H groups in total. The Morgan fingerprint density at radius 3 is 2.21 bits per heavy atom. The van der Waals surface area contributed by atoms with Gasteiger partial charge in [-0.25, -0.2) is 4.21 Å². The molecule has 1 atom stereocenters. The SMILES string of the molecule is COc1ccc(OC)c(S(=O)c2c(OC)ccc3ccccc23)c1. The molecule has 3 aromatic carbocycles. The molecule has 0 aromatic heterocycles. The summed E-state index contributed by atoms with van der Waals surface area (Å²) in [5.41, 5.74) is 0. The fourth-order valence-electron chi connectivity index (χ4n) is 2.61. The van der Waals surface area contributed by atoms with Crippen LogP contribution in [0, 0.1) is 0 Å². The average molecular weight is 342 g/mol. The Morgan fingerprint density at radius 1 is 0.792 bits per heavy atom. The van der Waals surface area contributed by atoms with Gasteiger partial charge in [-0.1, -0.05) is 30.3 Å². The monoisotopic (exact) mass is 342 g/mol. The van der Waals surface area contributed by atoms with Crippen LogP contribution >= 0.6 is 0 Å². The first-order valence-electron chi connectivity index (χ1n) is 7.39. The van der Waals surface area contributed by atoms with Gasteiger partial charge >= 0.3 is 0 Å². The third kappa shape index (κ3) is 2.83. The van der Waals surface area contributed by atoms with Crippen LogP contribution in [-0.2, 0) is 10.8 Å². The van der Waals surface area contributed by atoms with Crippen molar-refractivity contribution in [1.29, 1.82) is 0 Å². The van der Waals surface area contributed by atoms with E-state index in [1.165, 1.54) is 0 Å². The molecule has 0 radical (unpaired) electrons. The maximum atomic E-state index is 13.4. The summed E-state index contributed by atoms with van der Waals surface area (Å²) in [6, 6.07) is 16.9. The van der Waals surface area contributed by atoms with Gasteiger partial charge < -0.3 is 14.2 Å². The molecular weight excluding hydrogens is 324 g/mol. The third-order valence-corrected chi connectivity index (χ3v) is 5.33. The first-order chi connectivity index (χ1) is 11.7. The van der Waals surface area contributed by atoms with Crippen molar-refractivity contribution in [3.63, 3.8) is 0 Å². The van der Waals surface area contributed by atoms with Crippen molar-refractivity contribution in [1.82, 2.24) is 0 Å². The highest BCUT2D eigenvalue weighted by atomic mass is 32.2. The maximum Gasteiger partial charge on any atom is 0.136 e. The molecule has 0 aliphatic carbocycles. The number of ether oxygens (including phenoxy) is 3. The molecule has 0 saturated heterocycles. The van der Waals surface area contributed by atoms with Crippen LogP contribution in [0.25, 0.3) is 10.8 Å². The Balaban J connectivity index is 2.26. The number of benzene rings is 3.